The number of carbonyl (C=O) groups is 2. The highest BCUT2D eigenvalue weighted by atomic mass is 19.2. The van der Waals surface area contributed by atoms with Crippen LogP contribution in [-0.4, -0.2) is 29.6 Å². The Morgan fingerprint density at radius 2 is 1.85 bits per heavy atom. The van der Waals surface area contributed by atoms with E-state index in [1.165, 1.54) is 13.0 Å². The predicted octanol–water partition coefficient (Wildman–Crippen LogP) is 3.40. The van der Waals surface area contributed by atoms with Crippen molar-refractivity contribution in [1.29, 1.82) is 0 Å². The van der Waals surface area contributed by atoms with Crippen LogP contribution >= 0.6 is 0 Å². The number of ketones is 1. The van der Waals surface area contributed by atoms with Gasteiger partial charge in [0.15, 0.2) is 29.2 Å². The van der Waals surface area contributed by atoms with Gasteiger partial charge in [-0.05, 0) is 25.1 Å². The number of aromatic nitrogens is 1. The molecule has 26 heavy (non-hydrogen) atoms. The highest BCUT2D eigenvalue weighted by Gasteiger charge is 2.30. The quantitative estimate of drug-likeness (QED) is 0.196. The van der Waals surface area contributed by atoms with Crippen molar-refractivity contribution in [2.45, 2.75) is 6.92 Å². The Labute approximate surface area is 145 Å². The van der Waals surface area contributed by atoms with Crippen molar-refractivity contribution in [1.82, 2.24) is 4.98 Å². The number of carbonyl (C=O) groups excluding carboxylic acids is 2. The van der Waals surface area contributed by atoms with E-state index in [9.17, 15) is 27.2 Å². The van der Waals surface area contributed by atoms with Crippen LogP contribution in [0.1, 0.15) is 17.3 Å². The molecular formula is C17H12F4N2O3. The SMILES string of the molecule is CCOC(=O)C(C=Nc1ccc(F)cn1)C(=O)c1cc(F)c(F)cc1F. The first-order valence-electron chi connectivity index (χ1n) is 7.34. The van der Waals surface area contributed by atoms with Crippen LogP contribution in [0.2, 0.25) is 0 Å². The molecule has 2 aromatic rings. The summed E-state index contributed by atoms with van der Waals surface area (Å²) < 4.78 is 57.7. The van der Waals surface area contributed by atoms with E-state index in [1.807, 2.05) is 0 Å². The molecule has 1 aromatic heterocycles. The number of rotatable bonds is 6. The van der Waals surface area contributed by atoms with E-state index in [2.05, 4.69) is 9.98 Å². The maximum absolute atomic E-state index is 13.8. The normalized spacial score (nSPS) is 12.2. The molecule has 0 aliphatic heterocycles. The number of halogens is 4. The van der Waals surface area contributed by atoms with Crippen molar-refractivity contribution >= 4 is 23.8 Å². The van der Waals surface area contributed by atoms with Crippen molar-refractivity contribution in [3.63, 3.8) is 0 Å². The third-order valence-electron chi connectivity index (χ3n) is 3.17. The van der Waals surface area contributed by atoms with Gasteiger partial charge in [0.25, 0.3) is 0 Å². The molecule has 136 valence electrons. The molecule has 0 aliphatic rings. The summed E-state index contributed by atoms with van der Waals surface area (Å²) in [6.07, 6.45) is 1.68. The van der Waals surface area contributed by atoms with Crippen molar-refractivity contribution in [2.75, 3.05) is 6.61 Å². The zero-order valence-corrected chi connectivity index (χ0v) is 13.4. The number of pyridine rings is 1. The number of hydrogen-bond acceptors (Lipinski definition) is 5. The fraction of sp³-hybridized carbons (Fsp3) is 0.176. The van der Waals surface area contributed by atoms with Crippen molar-refractivity contribution in [3.8, 4) is 0 Å². The number of hydrogen-bond donors (Lipinski definition) is 0. The van der Waals surface area contributed by atoms with E-state index in [0.717, 1.165) is 18.5 Å². The first-order chi connectivity index (χ1) is 12.3. The topological polar surface area (TPSA) is 68.6 Å². The number of nitrogens with zero attached hydrogens (tertiary/aromatic N) is 2. The van der Waals surface area contributed by atoms with Crippen LogP contribution in [0.25, 0.3) is 0 Å². The lowest BCUT2D eigenvalue weighted by Gasteiger charge is -2.11. The lowest BCUT2D eigenvalue weighted by atomic mass is 9.98. The van der Waals surface area contributed by atoms with Crippen molar-refractivity contribution in [2.24, 2.45) is 10.9 Å². The van der Waals surface area contributed by atoms with Gasteiger partial charge in [-0.3, -0.25) is 9.59 Å². The summed E-state index contributed by atoms with van der Waals surface area (Å²) in [5.74, 6) is -8.87. The first-order valence-corrected chi connectivity index (χ1v) is 7.34. The number of esters is 1. The smallest absolute Gasteiger partial charge is 0.322 e. The van der Waals surface area contributed by atoms with E-state index in [0.29, 0.717) is 6.07 Å². The van der Waals surface area contributed by atoms with Crippen LogP contribution < -0.4 is 0 Å². The predicted molar refractivity (Wildman–Crippen MR) is 83.1 cm³/mol. The fourth-order valence-electron chi connectivity index (χ4n) is 1.94. The summed E-state index contributed by atoms with van der Waals surface area (Å²) in [6.45, 7) is 1.40. The van der Waals surface area contributed by atoms with Gasteiger partial charge in [-0.2, -0.15) is 0 Å². The Hall–Kier alpha value is -3.10. The lowest BCUT2D eigenvalue weighted by molar-refractivity contribution is -0.143. The van der Waals surface area contributed by atoms with Gasteiger partial charge in [0, 0.05) is 12.3 Å². The number of benzene rings is 1. The molecule has 2 rings (SSSR count). The Morgan fingerprint density at radius 1 is 1.15 bits per heavy atom. The summed E-state index contributed by atoms with van der Waals surface area (Å²) in [5, 5.41) is 0. The lowest BCUT2D eigenvalue weighted by Crippen LogP contribution is -2.28. The summed E-state index contributed by atoms with van der Waals surface area (Å²) in [6, 6.07) is 2.78. The Bertz CT molecular complexity index is 854. The van der Waals surface area contributed by atoms with Gasteiger partial charge in [-0.1, -0.05) is 0 Å². The molecule has 0 fully saturated rings. The maximum Gasteiger partial charge on any atom is 0.322 e. The largest absolute Gasteiger partial charge is 0.465 e. The molecule has 0 radical (unpaired) electrons. The average molecular weight is 368 g/mol. The molecule has 1 heterocycles. The minimum Gasteiger partial charge on any atom is -0.465 e. The minimum atomic E-state index is -1.72. The second-order valence-electron chi connectivity index (χ2n) is 4.95. The minimum absolute atomic E-state index is 0.0285. The molecule has 1 atom stereocenters. The highest BCUT2D eigenvalue weighted by molar-refractivity contribution is 6.18. The van der Waals surface area contributed by atoms with Gasteiger partial charge in [-0.15, -0.1) is 0 Å². The molecule has 9 heteroatoms. The van der Waals surface area contributed by atoms with Gasteiger partial charge < -0.3 is 4.74 Å². The Morgan fingerprint density at radius 3 is 2.46 bits per heavy atom. The fourth-order valence-corrected chi connectivity index (χ4v) is 1.94. The first kappa shape index (κ1) is 19.2. The second kappa shape index (κ2) is 8.32. The summed E-state index contributed by atoms with van der Waals surface area (Å²) >= 11 is 0. The van der Waals surface area contributed by atoms with Crippen LogP contribution in [0.15, 0.2) is 35.5 Å². The zero-order chi connectivity index (χ0) is 19.3. The molecular weight excluding hydrogens is 356 g/mol. The molecule has 0 aliphatic carbocycles. The third-order valence-corrected chi connectivity index (χ3v) is 3.17. The third kappa shape index (κ3) is 4.50. The molecule has 1 aromatic carbocycles. The van der Waals surface area contributed by atoms with Crippen LogP contribution in [0.4, 0.5) is 23.4 Å². The molecule has 0 saturated heterocycles. The van der Waals surface area contributed by atoms with E-state index >= 15 is 0 Å². The average Bonchev–Trinajstić information content (AvgIpc) is 2.60. The molecule has 0 amide bonds. The molecule has 0 bridgehead atoms. The van der Waals surface area contributed by atoms with Gasteiger partial charge >= 0.3 is 5.97 Å². The number of ether oxygens (including phenoxy) is 1. The van der Waals surface area contributed by atoms with Gasteiger partial charge in [0.05, 0.1) is 18.4 Å². The number of Topliss-reactive ketones (excluding diaryl/α,β-unsaturated/α-hetero) is 1. The van der Waals surface area contributed by atoms with Crippen molar-refractivity contribution < 1.29 is 31.9 Å². The summed E-state index contributed by atoms with van der Waals surface area (Å²) in [7, 11) is 0. The molecule has 0 spiro atoms. The molecule has 1 unspecified atom stereocenters. The highest BCUT2D eigenvalue weighted by Crippen LogP contribution is 2.19. The van der Waals surface area contributed by atoms with E-state index in [4.69, 9.17) is 4.74 Å². The summed E-state index contributed by atoms with van der Waals surface area (Å²) in [4.78, 5) is 31.8. The van der Waals surface area contributed by atoms with Gasteiger partial charge in [0.1, 0.15) is 11.6 Å². The zero-order valence-electron chi connectivity index (χ0n) is 13.4. The van der Waals surface area contributed by atoms with Crippen molar-refractivity contribution in [3.05, 3.63) is 59.3 Å². The maximum atomic E-state index is 13.8. The van der Waals surface area contributed by atoms with E-state index in [1.54, 1.807) is 0 Å². The monoisotopic (exact) mass is 368 g/mol. The second-order valence-corrected chi connectivity index (χ2v) is 4.95. The Kier molecular flexibility index (Phi) is 6.16. The van der Waals surface area contributed by atoms with Gasteiger partial charge in [-0.25, -0.2) is 27.5 Å². The van der Waals surface area contributed by atoms with Crippen LogP contribution in [0.3, 0.4) is 0 Å². The van der Waals surface area contributed by atoms with Crippen LogP contribution in [0.5, 0.6) is 0 Å². The molecule has 0 N–H and O–H groups in total. The van der Waals surface area contributed by atoms with Crippen LogP contribution in [0, 0.1) is 29.2 Å². The van der Waals surface area contributed by atoms with E-state index < -0.39 is 46.5 Å². The number of aliphatic imine (C=N–C) groups is 1. The standard InChI is InChI=1S/C17H12F4N2O3/c1-2-26-17(25)11(8-23-15-4-3-9(18)7-22-15)16(24)10-5-13(20)14(21)6-12(10)19/h3-8,11H,2H2,1H3. The Balaban J connectivity index is 2.38. The van der Waals surface area contributed by atoms with Crippen LogP contribution in [-0.2, 0) is 9.53 Å². The summed E-state index contributed by atoms with van der Waals surface area (Å²) in [5.41, 5.74) is -0.833. The molecule has 5 nitrogen and oxygen atoms in total. The molecule has 0 saturated carbocycles. The van der Waals surface area contributed by atoms with E-state index in [-0.39, 0.29) is 18.5 Å². The van der Waals surface area contributed by atoms with Gasteiger partial charge in [0.2, 0.25) is 0 Å².